The summed E-state index contributed by atoms with van der Waals surface area (Å²) in [5.74, 6) is 0.639. The van der Waals surface area contributed by atoms with Crippen molar-refractivity contribution in [2.24, 2.45) is 4.99 Å². The number of hydrogen-bond donors (Lipinski definition) is 3. The molecule has 0 saturated carbocycles. The summed E-state index contributed by atoms with van der Waals surface area (Å²) in [6, 6.07) is 3.42. The van der Waals surface area contributed by atoms with Crippen LogP contribution in [0, 0.1) is 6.92 Å². The molecule has 1 atom stereocenters. The number of thiophene rings is 1. The van der Waals surface area contributed by atoms with Crippen LogP contribution < -0.4 is 15.4 Å². The predicted octanol–water partition coefficient (Wildman–Crippen LogP) is 0.695. The topological polar surface area (TPSA) is 101 Å². The van der Waals surface area contributed by atoms with Crippen molar-refractivity contribution in [3.63, 3.8) is 0 Å². The molecule has 1 aromatic heterocycles. The van der Waals surface area contributed by atoms with E-state index in [2.05, 4.69) is 20.3 Å². The fourth-order valence-corrected chi connectivity index (χ4v) is 4.75. The van der Waals surface area contributed by atoms with Gasteiger partial charge in [0, 0.05) is 44.8 Å². The monoisotopic (exact) mass is 404 g/mol. The van der Waals surface area contributed by atoms with Crippen molar-refractivity contribution >= 4 is 27.3 Å². The summed E-state index contributed by atoms with van der Waals surface area (Å²) >= 11 is 1.26. The summed E-state index contributed by atoms with van der Waals surface area (Å²) in [5.41, 5.74) is 0. The van der Waals surface area contributed by atoms with Crippen molar-refractivity contribution in [3.05, 3.63) is 17.0 Å². The molecule has 1 saturated heterocycles. The fraction of sp³-hybridized carbons (Fsp3) is 0.688. The Balaban J connectivity index is 1.56. The Hall–Kier alpha value is -1.20. The van der Waals surface area contributed by atoms with E-state index in [1.165, 1.54) is 11.3 Å². The smallest absolute Gasteiger partial charge is 0.250 e. The van der Waals surface area contributed by atoms with E-state index < -0.39 is 10.0 Å². The summed E-state index contributed by atoms with van der Waals surface area (Å²) in [4.78, 5) is 5.09. The molecule has 0 radical (unpaired) electrons. The van der Waals surface area contributed by atoms with Crippen molar-refractivity contribution in [3.8, 4) is 0 Å². The average molecular weight is 405 g/mol. The molecule has 1 aliphatic heterocycles. The van der Waals surface area contributed by atoms with Crippen molar-refractivity contribution in [2.45, 2.75) is 30.1 Å². The van der Waals surface area contributed by atoms with Crippen molar-refractivity contribution in [1.29, 1.82) is 0 Å². The molecule has 148 valence electrons. The summed E-state index contributed by atoms with van der Waals surface area (Å²) in [5, 5.41) is 6.27. The lowest BCUT2D eigenvalue weighted by Crippen LogP contribution is -2.41. The SMILES string of the molecule is CN=C(NCCCOC1CCOC1)NCCNS(=O)(=O)c1ccc(C)s1. The first-order valence-corrected chi connectivity index (χ1v) is 11.0. The van der Waals surface area contributed by atoms with Gasteiger partial charge in [0.15, 0.2) is 5.96 Å². The normalized spacial score (nSPS) is 18.2. The second-order valence-corrected chi connectivity index (χ2v) is 9.18. The van der Waals surface area contributed by atoms with Gasteiger partial charge in [-0.3, -0.25) is 4.99 Å². The fourth-order valence-electron chi connectivity index (χ4n) is 2.39. The third kappa shape index (κ3) is 7.20. The van der Waals surface area contributed by atoms with Crippen molar-refractivity contribution in [2.75, 3.05) is 46.5 Å². The largest absolute Gasteiger partial charge is 0.379 e. The van der Waals surface area contributed by atoms with Gasteiger partial charge in [0.25, 0.3) is 0 Å². The highest BCUT2D eigenvalue weighted by Crippen LogP contribution is 2.19. The van der Waals surface area contributed by atoms with Gasteiger partial charge in [0.1, 0.15) is 4.21 Å². The van der Waals surface area contributed by atoms with Gasteiger partial charge in [-0.1, -0.05) is 0 Å². The molecular formula is C16H28N4O4S2. The van der Waals surface area contributed by atoms with Gasteiger partial charge in [-0.15, -0.1) is 11.3 Å². The maximum absolute atomic E-state index is 12.1. The van der Waals surface area contributed by atoms with Gasteiger partial charge in [-0.25, -0.2) is 13.1 Å². The minimum atomic E-state index is -3.44. The third-order valence-electron chi connectivity index (χ3n) is 3.77. The Morgan fingerprint density at radius 3 is 2.81 bits per heavy atom. The highest BCUT2D eigenvalue weighted by molar-refractivity contribution is 7.91. The number of hydrogen-bond acceptors (Lipinski definition) is 6. The van der Waals surface area contributed by atoms with E-state index in [1.54, 1.807) is 19.2 Å². The first-order chi connectivity index (χ1) is 12.5. The average Bonchev–Trinajstić information content (AvgIpc) is 3.28. The zero-order valence-corrected chi connectivity index (χ0v) is 16.9. The molecule has 0 aliphatic carbocycles. The van der Waals surface area contributed by atoms with Gasteiger partial charge in [0.05, 0.1) is 12.7 Å². The van der Waals surface area contributed by atoms with Crippen LogP contribution >= 0.6 is 11.3 Å². The van der Waals surface area contributed by atoms with E-state index in [9.17, 15) is 8.42 Å². The van der Waals surface area contributed by atoms with Crippen LogP contribution in [0.25, 0.3) is 0 Å². The summed E-state index contributed by atoms with van der Waals surface area (Å²) < 4.78 is 38.1. The van der Waals surface area contributed by atoms with Gasteiger partial charge >= 0.3 is 0 Å². The Morgan fingerprint density at radius 1 is 1.35 bits per heavy atom. The molecule has 2 rings (SSSR count). The van der Waals surface area contributed by atoms with Crippen molar-refractivity contribution in [1.82, 2.24) is 15.4 Å². The quantitative estimate of drug-likeness (QED) is 0.301. The van der Waals surface area contributed by atoms with Crippen LogP contribution in [-0.2, 0) is 19.5 Å². The van der Waals surface area contributed by atoms with E-state index in [1.807, 2.05) is 6.92 Å². The molecule has 1 aliphatic rings. The Labute approximate surface area is 159 Å². The Morgan fingerprint density at radius 2 is 2.15 bits per heavy atom. The number of nitrogens with zero attached hydrogens (tertiary/aromatic N) is 1. The molecule has 1 unspecified atom stereocenters. The molecule has 26 heavy (non-hydrogen) atoms. The molecule has 2 heterocycles. The second kappa shape index (κ2) is 10.8. The Bertz CT molecular complexity index is 670. The molecular weight excluding hydrogens is 376 g/mol. The molecule has 0 spiro atoms. The number of rotatable bonds is 10. The third-order valence-corrected chi connectivity index (χ3v) is 6.72. The number of aliphatic imine (C=N–C) groups is 1. The van der Waals surface area contributed by atoms with E-state index >= 15 is 0 Å². The standard InChI is InChI=1S/C16H28N4O4S2/c1-13-4-5-15(25-13)26(21,22)20-9-8-19-16(17-2)18-7-3-10-24-14-6-11-23-12-14/h4-5,14,20H,3,6-12H2,1-2H3,(H2,17,18,19). The summed E-state index contributed by atoms with van der Waals surface area (Å²) in [6.07, 6.45) is 2.06. The summed E-state index contributed by atoms with van der Waals surface area (Å²) in [7, 11) is -1.75. The molecule has 1 fully saturated rings. The first kappa shape index (κ1) is 21.1. The molecule has 3 N–H and O–H groups in total. The minimum absolute atomic E-state index is 0.229. The second-order valence-electron chi connectivity index (χ2n) is 5.90. The molecule has 0 bridgehead atoms. The maximum Gasteiger partial charge on any atom is 0.250 e. The highest BCUT2D eigenvalue weighted by Gasteiger charge is 2.16. The van der Waals surface area contributed by atoms with E-state index in [-0.39, 0.29) is 12.6 Å². The lowest BCUT2D eigenvalue weighted by Gasteiger charge is -2.13. The van der Waals surface area contributed by atoms with Gasteiger partial charge < -0.3 is 20.1 Å². The molecule has 10 heteroatoms. The number of guanidine groups is 1. The Kier molecular flexibility index (Phi) is 8.79. The van der Waals surface area contributed by atoms with Crippen LogP contribution in [0.1, 0.15) is 17.7 Å². The number of nitrogens with one attached hydrogen (secondary N) is 3. The zero-order chi connectivity index (χ0) is 18.8. The van der Waals surface area contributed by atoms with Crippen LogP contribution in [0.15, 0.2) is 21.3 Å². The van der Waals surface area contributed by atoms with Crippen LogP contribution in [-0.4, -0.2) is 67.0 Å². The highest BCUT2D eigenvalue weighted by atomic mass is 32.2. The maximum atomic E-state index is 12.1. The first-order valence-electron chi connectivity index (χ1n) is 8.71. The van der Waals surface area contributed by atoms with E-state index in [0.717, 1.165) is 30.9 Å². The van der Waals surface area contributed by atoms with E-state index in [4.69, 9.17) is 9.47 Å². The lowest BCUT2D eigenvalue weighted by atomic mass is 10.3. The van der Waals surface area contributed by atoms with Crippen molar-refractivity contribution < 1.29 is 17.9 Å². The van der Waals surface area contributed by atoms with Gasteiger partial charge in [-0.05, 0) is 31.9 Å². The lowest BCUT2D eigenvalue weighted by molar-refractivity contribution is 0.0420. The van der Waals surface area contributed by atoms with E-state index in [0.29, 0.717) is 29.9 Å². The van der Waals surface area contributed by atoms with Gasteiger partial charge in [-0.2, -0.15) is 0 Å². The van der Waals surface area contributed by atoms with Crippen LogP contribution in [0.5, 0.6) is 0 Å². The zero-order valence-electron chi connectivity index (χ0n) is 15.3. The number of aryl methyl sites for hydroxylation is 1. The number of sulfonamides is 1. The molecule has 8 nitrogen and oxygen atoms in total. The van der Waals surface area contributed by atoms with Gasteiger partial charge in [0.2, 0.25) is 10.0 Å². The predicted molar refractivity (Wildman–Crippen MR) is 103 cm³/mol. The van der Waals surface area contributed by atoms with Crippen LogP contribution in [0.2, 0.25) is 0 Å². The molecule has 0 aromatic carbocycles. The number of ether oxygens (including phenoxy) is 2. The molecule has 1 aromatic rings. The van der Waals surface area contributed by atoms with Crippen LogP contribution in [0.4, 0.5) is 0 Å². The summed E-state index contributed by atoms with van der Waals surface area (Å²) in [6.45, 7) is 5.50. The minimum Gasteiger partial charge on any atom is -0.379 e. The van der Waals surface area contributed by atoms with Crippen LogP contribution in [0.3, 0.4) is 0 Å². The molecule has 0 amide bonds.